The van der Waals surface area contributed by atoms with Crippen molar-refractivity contribution in [2.45, 2.75) is 0 Å². The molecule has 0 aliphatic rings. The summed E-state index contributed by atoms with van der Waals surface area (Å²) in [5.74, 6) is 1.62. The third kappa shape index (κ3) is 7.95. The van der Waals surface area contributed by atoms with Gasteiger partial charge in [-0.05, 0) is 133 Å². The summed E-state index contributed by atoms with van der Waals surface area (Å²) < 4.78 is 6.95. The normalized spacial score (nSPS) is 11.6. The van der Waals surface area contributed by atoms with Crippen molar-refractivity contribution in [1.29, 1.82) is 0 Å². The Hall–Kier alpha value is -11.4. The fourth-order valence-corrected chi connectivity index (χ4v) is 12.5. The van der Waals surface area contributed by atoms with Gasteiger partial charge in [-0.2, -0.15) is 9.97 Å². The number of rotatable bonds is 11. The molecule has 390 valence electrons. The average molecular weight is 1060 g/mol. The van der Waals surface area contributed by atoms with E-state index < -0.39 is 0 Å². The van der Waals surface area contributed by atoms with Crippen LogP contribution in [0.1, 0.15) is 0 Å². The molecule has 12 aromatic carbocycles. The van der Waals surface area contributed by atoms with Crippen molar-refractivity contribution in [1.82, 2.24) is 28.7 Å². The maximum Gasteiger partial charge on any atom is 0.238 e. The first-order valence-corrected chi connectivity index (χ1v) is 28.0. The number of hydrogen-bond acceptors (Lipinski definition) is 5. The zero-order valence-corrected chi connectivity index (χ0v) is 44.9. The smallest absolute Gasteiger partial charge is 0.238 e. The number of fused-ring (bicyclic) bond motifs is 9. The van der Waals surface area contributed by atoms with Gasteiger partial charge in [-0.15, -0.1) is 0 Å². The predicted molar refractivity (Wildman–Crippen MR) is 343 cm³/mol. The molecule has 4 aromatic heterocycles. The third-order valence-electron chi connectivity index (χ3n) is 16.1. The highest BCUT2D eigenvalue weighted by molar-refractivity contribution is 6.13. The first-order valence-electron chi connectivity index (χ1n) is 28.0. The maximum absolute atomic E-state index is 5.64. The fraction of sp³-hybridized carbons (Fsp3) is 0. The first kappa shape index (κ1) is 47.6. The van der Waals surface area contributed by atoms with Gasteiger partial charge in [-0.25, -0.2) is 4.98 Å². The van der Waals surface area contributed by atoms with Crippen LogP contribution in [0.4, 0.5) is 34.1 Å². The van der Waals surface area contributed by atoms with Gasteiger partial charge in [-0.3, -0.25) is 4.57 Å². The molecule has 0 bridgehead atoms. The van der Waals surface area contributed by atoms with E-state index >= 15 is 0 Å². The topological polar surface area (TPSA) is 59.9 Å². The van der Waals surface area contributed by atoms with Crippen molar-refractivity contribution >= 4 is 99.5 Å². The molecule has 0 fully saturated rings. The molecule has 8 heteroatoms. The van der Waals surface area contributed by atoms with E-state index in [1.54, 1.807) is 0 Å². The second-order valence-corrected chi connectivity index (χ2v) is 20.8. The molecule has 0 atom stereocenters. The molecular weight excluding hydrogens is 1010 g/mol. The second kappa shape index (κ2) is 19.8. The van der Waals surface area contributed by atoms with Crippen LogP contribution in [0, 0.1) is 0 Å². The fourth-order valence-electron chi connectivity index (χ4n) is 12.5. The third-order valence-corrected chi connectivity index (χ3v) is 16.1. The molecule has 0 saturated carbocycles. The Morgan fingerprint density at radius 2 is 0.506 bits per heavy atom. The number of para-hydroxylation sites is 10. The summed E-state index contributed by atoms with van der Waals surface area (Å²) in [6.07, 6.45) is 0. The van der Waals surface area contributed by atoms with Crippen LogP contribution < -0.4 is 9.80 Å². The van der Waals surface area contributed by atoms with E-state index in [4.69, 9.17) is 15.0 Å². The Labute approximate surface area is 478 Å². The highest BCUT2D eigenvalue weighted by Crippen LogP contribution is 2.44. The molecule has 8 nitrogen and oxygen atoms in total. The lowest BCUT2D eigenvalue weighted by Gasteiger charge is -2.25. The van der Waals surface area contributed by atoms with Crippen LogP contribution in [0.25, 0.3) is 106 Å². The van der Waals surface area contributed by atoms with Gasteiger partial charge in [0.05, 0.1) is 44.5 Å². The van der Waals surface area contributed by atoms with E-state index in [0.717, 1.165) is 122 Å². The van der Waals surface area contributed by atoms with Crippen LogP contribution in [-0.4, -0.2) is 28.7 Å². The van der Waals surface area contributed by atoms with E-state index in [9.17, 15) is 0 Å². The summed E-state index contributed by atoms with van der Waals surface area (Å²) in [4.78, 5) is 21.5. The highest BCUT2D eigenvalue weighted by Gasteiger charge is 2.25. The van der Waals surface area contributed by atoms with Crippen LogP contribution >= 0.6 is 0 Å². The second-order valence-electron chi connectivity index (χ2n) is 20.8. The molecule has 0 radical (unpaired) electrons. The lowest BCUT2D eigenvalue weighted by atomic mass is 10.1. The number of nitrogens with zero attached hydrogens (tertiary/aromatic N) is 8. The van der Waals surface area contributed by atoms with Crippen molar-refractivity contribution in [3.8, 4) is 40.1 Å². The van der Waals surface area contributed by atoms with E-state index in [0.29, 0.717) is 17.6 Å². The predicted octanol–water partition coefficient (Wildman–Crippen LogP) is 19.4. The molecule has 4 heterocycles. The molecule has 0 amide bonds. The lowest BCUT2D eigenvalue weighted by Crippen LogP contribution is -2.10. The summed E-state index contributed by atoms with van der Waals surface area (Å²) in [5, 5.41) is 6.79. The van der Waals surface area contributed by atoms with E-state index in [2.05, 4.69) is 327 Å². The van der Waals surface area contributed by atoms with E-state index in [1.807, 2.05) is 0 Å². The Balaban J connectivity index is 0.915. The lowest BCUT2D eigenvalue weighted by molar-refractivity contribution is 0.950. The number of hydrogen-bond donors (Lipinski definition) is 0. The average Bonchev–Trinajstić information content (AvgIpc) is 3.58. The number of aromatic nitrogens is 6. The Kier molecular flexibility index (Phi) is 11.3. The molecule has 16 aromatic rings. The molecule has 0 spiro atoms. The van der Waals surface area contributed by atoms with Gasteiger partial charge in [0, 0.05) is 77.6 Å². The number of benzene rings is 12. The Bertz CT molecular complexity index is 4710. The van der Waals surface area contributed by atoms with Crippen LogP contribution in [-0.2, 0) is 0 Å². The van der Waals surface area contributed by atoms with Gasteiger partial charge in [0.2, 0.25) is 5.95 Å². The standard InChI is InChI=1S/C75H50N8/c1-5-25-51(26-6-1)79(52-27-7-2-8-28-52)55-45-47-71-63(49-55)59-35-15-19-39-65(59)81(71)69-43-23-17-37-61(69)73-76-74(78-75(77-73)83-67-41-21-13-33-57(67)58-34-14-22-42-68(58)83)62-38-18-24-44-70(62)82-66-40-20-16-36-60(66)64-50-56(46-48-72(64)82)80(53-29-9-3-10-30-53)54-31-11-4-12-32-54/h1-50H. The first-order chi connectivity index (χ1) is 41.2. The van der Waals surface area contributed by atoms with Crippen LogP contribution in [0.3, 0.4) is 0 Å². The van der Waals surface area contributed by atoms with Crippen molar-refractivity contribution in [3.05, 3.63) is 303 Å². The van der Waals surface area contributed by atoms with Crippen molar-refractivity contribution in [2.24, 2.45) is 0 Å². The Morgan fingerprint density at radius 1 is 0.217 bits per heavy atom. The van der Waals surface area contributed by atoms with Crippen LogP contribution in [0.5, 0.6) is 0 Å². The van der Waals surface area contributed by atoms with Gasteiger partial charge in [0.15, 0.2) is 11.6 Å². The minimum Gasteiger partial charge on any atom is -0.310 e. The highest BCUT2D eigenvalue weighted by atomic mass is 15.2. The molecular formula is C75H50N8. The van der Waals surface area contributed by atoms with Gasteiger partial charge < -0.3 is 18.9 Å². The largest absolute Gasteiger partial charge is 0.310 e. The minimum atomic E-state index is 0.523. The quantitative estimate of drug-likeness (QED) is 0.129. The van der Waals surface area contributed by atoms with Crippen molar-refractivity contribution in [3.63, 3.8) is 0 Å². The van der Waals surface area contributed by atoms with Crippen LogP contribution in [0.2, 0.25) is 0 Å². The SMILES string of the molecule is c1ccc(N(c2ccccc2)c2ccc3c(c2)c2ccccc2n3-c2ccccc2-c2nc(-c3ccccc3-n3c4ccccc4c4cc(N(c5ccccc5)c5ccccc5)ccc43)nc(-n3c4ccccc4c4ccccc43)n2)cc1. The maximum atomic E-state index is 5.64. The monoisotopic (exact) mass is 1060 g/mol. The van der Waals surface area contributed by atoms with Gasteiger partial charge >= 0.3 is 0 Å². The zero-order chi connectivity index (χ0) is 54.8. The minimum absolute atomic E-state index is 0.523. The van der Waals surface area contributed by atoms with Crippen molar-refractivity contribution in [2.75, 3.05) is 9.80 Å². The van der Waals surface area contributed by atoms with E-state index in [-0.39, 0.29) is 0 Å². The summed E-state index contributed by atoms with van der Waals surface area (Å²) in [7, 11) is 0. The molecule has 0 N–H and O–H groups in total. The Morgan fingerprint density at radius 3 is 0.880 bits per heavy atom. The molecule has 83 heavy (non-hydrogen) atoms. The molecule has 0 unspecified atom stereocenters. The molecule has 0 saturated heterocycles. The number of anilines is 6. The molecule has 0 aliphatic heterocycles. The van der Waals surface area contributed by atoms with Gasteiger partial charge in [0.25, 0.3) is 0 Å². The summed E-state index contributed by atoms with van der Waals surface area (Å²) >= 11 is 0. The van der Waals surface area contributed by atoms with Gasteiger partial charge in [0.1, 0.15) is 0 Å². The van der Waals surface area contributed by atoms with E-state index in [1.165, 1.54) is 0 Å². The zero-order valence-electron chi connectivity index (χ0n) is 44.9. The molecule has 0 aliphatic carbocycles. The molecule has 16 rings (SSSR count). The van der Waals surface area contributed by atoms with Crippen LogP contribution in [0.15, 0.2) is 303 Å². The summed E-state index contributed by atoms with van der Waals surface area (Å²) in [6, 6.07) is 107. The summed E-state index contributed by atoms with van der Waals surface area (Å²) in [5.41, 5.74) is 16.4. The van der Waals surface area contributed by atoms with Gasteiger partial charge in [-0.1, -0.05) is 170 Å². The van der Waals surface area contributed by atoms with Crippen molar-refractivity contribution < 1.29 is 0 Å². The summed E-state index contributed by atoms with van der Waals surface area (Å²) in [6.45, 7) is 0.